The maximum Gasteiger partial charge on any atom is 0.350 e. The van der Waals surface area contributed by atoms with Crippen LogP contribution in [-0.4, -0.2) is 13.1 Å². The SMILES string of the molecule is COC(=O)c1sc(-c2cc(Cl)cc(Br)c2)c(C(C)C)c1N. The molecule has 1 aromatic heterocycles. The molecular weight excluding hydrogens is 374 g/mol. The Morgan fingerprint density at radius 3 is 2.57 bits per heavy atom. The lowest BCUT2D eigenvalue weighted by molar-refractivity contribution is 0.0607. The van der Waals surface area contributed by atoms with Gasteiger partial charge in [0.25, 0.3) is 0 Å². The summed E-state index contributed by atoms with van der Waals surface area (Å²) in [6.07, 6.45) is 0. The molecule has 1 heterocycles. The summed E-state index contributed by atoms with van der Waals surface area (Å²) in [6.45, 7) is 4.09. The number of anilines is 1. The minimum atomic E-state index is -0.410. The molecule has 0 spiro atoms. The number of hydrogen-bond acceptors (Lipinski definition) is 4. The summed E-state index contributed by atoms with van der Waals surface area (Å²) < 4.78 is 5.69. The van der Waals surface area contributed by atoms with Gasteiger partial charge in [-0.05, 0) is 35.2 Å². The van der Waals surface area contributed by atoms with E-state index in [0.29, 0.717) is 15.6 Å². The normalized spacial score (nSPS) is 11.0. The van der Waals surface area contributed by atoms with Crippen molar-refractivity contribution in [2.75, 3.05) is 12.8 Å². The standard InChI is InChI=1S/C15H15BrClNO2S/c1-7(2)11-12(18)14(15(19)20-3)21-13(11)8-4-9(16)6-10(17)5-8/h4-7H,18H2,1-3H3. The number of halogens is 2. The molecule has 1 aromatic carbocycles. The highest BCUT2D eigenvalue weighted by molar-refractivity contribution is 9.10. The molecule has 3 nitrogen and oxygen atoms in total. The Morgan fingerprint density at radius 1 is 1.38 bits per heavy atom. The molecule has 0 atom stereocenters. The summed E-state index contributed by atoms with van der Waals surface area (Å²) in [6, 6.07) is 5.65. The first-order valence-corrected chi connectivity index (χ1v) is 8.30. The fraction of sp³-hybridized carbons (Fsp3) is 0.267. The topological polar surface area (TPSA) is 52.3 Å². The molecule has 0 aliphatic rings. The van der Waals surface area contributed by atoms with Crippen LogP contribution >= 0.6 is 38.9 Å². The Morgan fingerprint density at radius 2 is 2.05 bits per heavy atom. The van der Waals surface area contributed by atoms with Crippen LogP contribution in [0.3, 0.4) is 0 Å². The highest BCUT2D eigenvalue weighted by Gasteiger charge is 2.24. The van der Waals surface area contributed by atoms with Gasteiger partial charge in [0.2, 0.25) is 0 Å². The van der Waals surface area contributed by atoms with Crippen molar-refractivity contribution in [1.29, 1.82) is 0 Å². The van der Waals surface area contributed by atoms with Gasteiger partial charge in [-0.3, -0.25) is 0 Å². The van der Waals surface area contributed by atoms with E-state index in [1.807, 2.05) is 32.0 Å². The predicted molar refractivity (Wildman–Crippen MR) is 92.3 cm³/mol. The van der Waals surface area contributed by atoms with E-state index in [0.717, 1.165) is 20.5 Å². The molecule has 0 amide bonds. The molecule has 0 saturated heterocycles. The summed E-state index contributed by atoms with van der Waals surface area (Å²) in [5.74, 6) is -0.223. The Bertz CT molecular complexity index is 677. The largest absolute Gasteiger partial charge is 0.465 e. The van der Waals surface area contributed by atoms with Crippen LogP contribution in [0.25, 0.3) is 10.4 Å². The van der Waals surface area contributed by atoms with E-state index in [-0.39, 0.29) is 5.92 Å². The van der Waals surface area contributed by atoms with Gasteiger partial charge in [-0.15, -0.1) is 11.3 Å². The number of esters is 1. The summed E-state index contributed by atoms with van der Waals surface area (Å²) in [5.41, 5.74) is 8.54. The van der Waals surface area contributed by atoms with Crippen molar-refractivity contribution in [3.05, 3.63) is 38.1 Å². The highest BCUT2D eigenvalue weighted by atomic mass is 79.9. The van der Waals surface area contributed by atoms with E-state index < -0.39 is 5.97 Å². The molecule has 0 bridgehead atoms. The van der Waals surface area contributed by atoms with Crippen LogP contribution in [0.2, 0.25) is 5.02 Å². The molecule has 0 saturated carbocycles. The number of nitrogen functional groups attached to an aromatic ring is 1. The molecule has 0 aliphatic carbocycles. The van der Waals surface area contributed by atoms with Crippen LogP contribution in [0.15, 0.2) is 22.7 Å². The number of hydrogen-bond donors (Lipinski definition) is 1. The van der Waals surface area contributed by atoms with Crippen molar-refractivity contribution in [1.82, 2.24) is 0 Å². The van der Waals surface area contributed by atoms with Gasteiger partial charge in [0.05, 0.1) is 12.8 Å². The average molecular weight is 389 g/mol. The number of benzene rings is 1. The van der Waals surface area contributed by atoms with Crippen molar-refractivity contribution in [2.45, 2.75) is 19.8 Å². The maximum atomic E-state index is 11.9. The van der Waals surface area contributed by atoms with Crippen LogP contribution in [0.1, 0.15) is 35.0 Å². The number of carbonyl (C=O) groups is 1. The van der Waals surface area contributed by atoms with E-state index >= 15 is 0 Å². The number of rotatable bonds is 3. The molecule has 0 fully saturated rings. The third-order valence-corrected chi connectivity index (χ3v) is 4.98. The first kappa shape index (κ1) is 16.3. The average Bonchev–Trinajstić information content (AvgIpc) is 2.74. The number of carbonyl (C=O) groups excluding carboxylic acids is 1. The summed E-state index contributed by atoms with van der Waals surface area (Å²) >= 11 is 10.9. The van der Waals surface area contributed by atoms with E-state index in [9.17, 15) is 4.79 Å². The zero-order valence-corrected chi connectivity index (χ0v) is 15.0. The second-order valence-electron chi connectivity index (χ2n) is 4.89. The number of ether oxygens (including phenoxy) is 1. The van der Waals surface area contributed by atoms with E-state index in [1.54, 1.807) is 0 Å². The van der Waals surface area contributed by atoms with Crippen molar-refractivity contribution in [3.8, 4) is 10.4 Å². The summed E-state index contributed by atoms with van der Waals surface area (Å²) in [5, 5.41) is 0.626. The van der Waals surface area contributed by atoms with Gasteiger partial charge in [0.1, 0.15) is 4.88 Å². The van der Waals surface area contributed by atoms with Gasteiger partial charge < -0.3 is 10.5 Å². The fourth-order valence-electron chi connectivity index (χ4n) is 2.17. The first-order chi connectivity index (χ1) is 9.85. The van der Waals surface area contributed by atoms with Crippen LogP contribution in [0.5, 0.6) is 0 Å². The van der Waals surface area contributed by atoms with Gasteiger partial charge >= 0.3 is 5.97 Å². The smallest absolute Gasteiger partial charge is 0.350 e. The molecule has 0 unspecified atom stereocenters. The molecule has 0 aliphatic heterocycles. The van der Waals surface area contributed by atoms with E-state index in [4.69, 9.17) is 22.1 Å². The summed E-state index contributed by atoms with van der Waals surface area (Å²) in [7, 11) is 1.35. The molecule has 21 heavy (non-hydrogen) atoms. The van der Waals surface area contributed by atoms with Gasteiger partial charge in [0, 0.05) is 14.4 Å². The molecule has 112 valence electrons. The van der Waals surface area contributed by atoms with Crippen LogP contribution in [0, 0.1) is 0 Å². The number of nitrogens with two attached hydrogens (primary N) is 1. The Labute approximate surface area is 141 Å². The Kier molecular flexibility index (Phi) is 4.96. The van der Waals surface area contributed by atoms with E-state index in [2.05, 4.69) is 15.9 Å². The van der Waals surface area contributed by atoms with Crippen molar-refractivity contribution in [3.63, 3.8) is 0 Å². The zero-order valence-electron chi connectivity index (χ0n) is 11.9. The van der Waals surface area contributed by atoms with Crippen molar-refractivity contribution >= 4 is 50.5 Å². The zero-order chi connectivity index (χ0) is 15.7. The third kappa shape index (κ3) is 3.25. The van der Waals surface area contributed by atoms with Crippen LogP contribution < -0.4 is 5.73 Å². The minimum Gasteiger partial charge on any atom is -0.465 e. The Hall–Kier alpha value is -1.04. The monoisotopic (exact) mass is 387 g/mol. The molecule has 2 aromatic rings. The molecule has 2 N–H and O–H groups in total. The lowest BCUT2D eigenvalue weighted by atomic mass is 9.98. The van der Waals surface area contributed by atoms with Gasteiger partial charge in [-0.25, -0.2) is 4.79 Å². The summed E-state index contributed by atoms with van der Waals surface area (Å²) in [4.78, 5) is 13.2. The van der Waals surface area contributed by atoms with Gasteiger partial charge in [-0.2, -0.15) is 0 Å². The minimum absolute atomic E-state index is 0.187. The molecule has 2 rings (SSSR count). The quantitative estimate of drug-likeness (QED) is 0.724. The molecular formula is C15H15BrClNO2S. The van der Waals surface area contributed by atoms with Crippen molar-refractivity contribution in [2.24, 2.45) is 0 Å². The van der Waals surface area contributed by atoms with Gasteiger partial charge in [-0.1, -0.05) is 41.4 Å². The third-order valence-electron chi connectivity index (χ3n) is 3.06. The first-order valence-electron chi connectivity index (χ1n) is 6.32. The number of methoxy groups -OCH3 is 1. The maximum absolute atomic E-state index is 11.9. The van der Waals surface area contributed by atoms with Crippen molar-refractivity contribution < 1.29 is 9.53 Å². The fourth-order valence-corrected chi connectivity index (χ4v) is 4.32. The van der Waals surface area contributed by atoms with Crippen LogP contribution in [0.4, 0.5) is 5.69 Å². The lowest BCUT2D eigenvalue weighted by Gasteiger charge is -2.09. The van der Waals surface area contributed by atoms with E-state index in [1.165, 1.54) is 18.4 Å². The second kappa shape index (κ2) is 6.38. The highest BCUT2D eigenvalue weighted by Crippen LogP contribution is 2.44. The van der Waals surface area contributed by atoms with Crippen LogP contribution in [-0.2, 0) is 4.74 Å². The number of thiophene rings is 1. The Balaban J connectivity index is 2.70. The van der Waals surface area contributed by atoms with Gasteiger partial charge in [0.15, 0.2) is 0 Å². The second-order valence-corrected chi connectivity index (χ2v) is 7.26. The predicted octanol–water partition coefficient (Wildman–Crippen LogP) is 5.32. The molecule has 0 radical (unpaired) electrons. The lowest BCUT2D eigenvalue weighted by Crippen LogP contribution is -2.03. The molecule has 6 heteroatoms.